The Morgan fingerprint density at radius 3 is 3.11 bits per heavy atom. The fraction of sp³-hybridized carbons (Fsp3) is 0.667. The lowest BCUT2D eigenvalue weighted by Crippen LogP contribution is -2.50. The molecule has 1 fully saturated rings. The van der Waals surface area contributed by atoms with Gasteiger partial charge in [-0.2, -0.15) is 0 Å². The molecule has 1 N–H and O–H groups in total. The van der Waals surface area contributed by atoms with Gasteiger partial charge < -0.3 is 10.1 Å². The number of rotatable bonds is 6. The van der Waals surface area contributed by atoms with E-state index in [1.54, 1.807) is 0 Å². The predicted octanol–water partition coefficient (Wildman–Crippen LogP) is 1.67. The van der Waals surface area contributed by atoms with Gasteiger partial charge in [0.05, 0.1) is 18.4 Å². The summed E-state index contributed by atoms with van der Waals surface area (Å²) in [4.78, 5) is 6.85. The number of ether oxygens (including phenoxy) is 1. The van der Waals surface area contributed by atoms with Crippen molar-refractivity contribution in [3.8, 4) is 0 Å². The minimum absolute atomic E-state index is 0.360. The molecule has 2 rings (SSSR count). The highest BCUT2D eigenvalue weighted by atomic mass is 16.5. The van der Waals surface area contributed by atoms with Crippen LogP contribution in [-0.2, 0) is 11.3 Å². The lowest BCUT2D eigenvalue weighted by atomic mass is 10.1. The molecule has 2 unspecified atom stereocenters. The molecule has 1 saturated heterocycles. The first-order valence-electron chi connectivity index (χ1n) is 7.26. The molecule has 1 aromatic heterocycles. The third kappa shape index (κ3) is 4.56. The monoisotopic (exact) mass is 263 g/mol. The number of hydrogen-bond acceptors (Lipinski definition) is 4. The van der Waals surface area contributed by atoms with Crippen molar-refractivity contribution in [1.29, 1.82) is 0 Å². The largest absolute Gasteiger partial charge is 0.376 e. The van der Waals surface area contributed by atoms with Crippen molar-refractivity contribution in [3.05, 3.63) is 30.1 Å². The second-order valence-electron chi connectivity index (χ2n) is 5.20. The van der Waals surface area contributed by atoms with Crippen LogP contribution in [0.2, 0.25) is 0 Å². The molecule has 1 aliphatic heterocycles. The summed E-state index contributed by atoms with van der Waals surface area (Å²) in [6, 6.07) is 6.61. The van der Waals surface area contributed by atoms with E-state index in [9.17, 15) is 0 Å². The summed E-state index contributed by atoms with van der Waals surface area (Å²) in [5.41, 5.74) is 1.10. The van der Waals surface area contributed by atoms with Crippen molar-refractivity contribution in [2.75, 3.05) is 26.2 Å². The van der Waals surface area contributed by atoms with Crippen LogP contribution in [0.4, 0.5) is 0 Å². The Labute approximate surface area is 116 Å². The normalized spacial score (nSPS) is 24.5. The van der Waals surface area contributed by atoms with Crippen LogP contribution >= 0.6 is 0 Å². The summed E-state index contributed by atoms with van der Waals surface area (Å²) in [6.07, 6.45) is 3.36. The number of nitrogens with one attached hydrogen (secondary N) is 1. The van der Waals surface area contributed by atoms with Gasteiger partial charge in [-0.3, -0.25) is 9.88 Å². The van der Waals surface area contributed by atoms with Crippen LogP contribution in [0.25, 0.3) is 0 Å². The number of nitrogens with zero attached hydrogens (tertiary/aromatic N) is 2. The van der Waals surface area contributed by atoms with E-state index in [1.165, 1.54) is 0 Å². The Morgan fingerprint density at radius 2 is 2.37 bits per heavy atom. The summed E-state index contributed by atoms with van der Waals surface area (Å²) in [6.45, 7) is 9.23. The van der Waals surface area contributed by atoms with E-state index >= 15 is 0 Å². The fourth-order valence-electron chi connectivity index (χ4n) is 2.50. The van der Waals surface area contributed by atoms with Crippen LogP contribution in [0, 0.1) is 0 Å². The molecule has 0 bridgehead atoms. The summed E-state index contributed by atoms with van der Waals surface area (Å²) in [7, 11) is 0. The minimum Gasteiger partial charge on any atom is -0.376 e. The van der Waals surface area contributed by atoms with E-state index in [0.717, 1.165) is 44.9 Å². The summed E-state index contributed by atoms with van der Waals surface area (Å²) < 4.78 is 5.72. The van der Waals surface area contributed by atoms with E-state index in [0.29, 0.717) is 12.1 Å². The van der Waals surface area contributed by atoms with Crippen molar-refractivity contribution in [1.82, 2.24) is 15.2 Å². The molecule has 0 radical (unpaired) electrons. The maximum Gasteiger partial charge on any atom is 0.0674 e. The highest BCUT2D eigenvalue weighted by Crippen LogP contribution is 2.13. The molecule has 0 amide bonds. The van der Waals surface area contributed by atoms with E-state index in [4.69, 9.17) is 4.74 Å². The van der Waals surface area contributed by atoms with Gasteiger partial charge in [0.2, 0.25) is 0 Å². The van der Waals surface area contributed by atoms with E-state index < -0.39 is 0 Å². The Bertz CT molecular complexity index is 358. The second-order valence-corrected chi connectivity index (χ2v) is 5.20. The zero-order valence-corrected chi connectivity index (χ0v) is 12.0. The molecular formula is C15H25N3O. The predicted molar refractivity (Wildman–Crippen MR) is 77.0 cm³/mol. The quantitative estimate of drug-likeness (QED) is 0.792. The third-order valence-electron chi connectivity index (χ3n) is 3.66. The van der Waals surface area contributed by atoms with Gasteiger partial charge in [-0.15, -0.1) is 0 Å². The number of morpholine rings is 1. The lowest BCUT2D eigenvalue weighted by molar-refractivity contribution is -0.0551. The van der Waals surface area contributed by atoms with E-state index in [2.05, 4.69) is 35.1 Å². The van der Waals surface area contributed by atoms with Gasteiger partial charge in [0.1, 0.15) is 0 Å². The highest BCUT2D eigenvalue weighted by Gasteiger charge is 2.24. The van der Waals surface area contributed by atoms with Gasteiger partial charge in [0.25, 0.3) is 0 Å². The van der Waals surface area contributed by atoms with Crippen molar-refractivity contribution < 1.29 is 4.74 Å². The van der Waals surface area contributed by atoms with Crippen molar-refractivity contribution in [2.24, 2.45) is 0 Å². The second kappa shape index (κ2) is 7.58. The van der Waals surface area contributed by atoms with Gasteiger partial charge in [0.15, 0.2) is 0 Å². The molecule has 106 valence electrons. The van der Waals surface area contributed by atoms with Crippen LogP contribution < -0.4 is 5.32 Å². The first kappa shape index (κ1) is 14.4. The summed E-state index contributed by atoms with van der Waals surface area (Å²) >= 11 is 0. The van der Waals surface area contributed by atoms with Gasteiger partial charge in [-0.1, -0.05) is 13.0 Å². The molecule has 1 aliphatic rings. The summed E-state index contributed by atoms with van der Waals surface area (Å²) in [5.74, 6) is 0. The zero-order chi connectivity index (χ0) is 13.5. The maximum atomic E-state index is 5.72. The van der Waals surface area contributed by atoms with Crippen LogP contribution in [0.5, 0.6) is 0 Å². The average molecular weight is 263 g/mol. The van der Waals surface area contributed by atoms with Crippen LogP contribution in [-0.4, -0.2) is 48.3 Å². The van der Waals surface area contributed by atoms with Crippen molar-refractivity contribution in [3.63, 3.8) is 0 Å². The molecular weight excluding hydrogens is 238 g/mol. The van der Waals surface area contributed by atoms with Crippen LogP contribution in [0.3, 0.4) is 0 Å². The molecule has 0 saturated carbocycles. The Morgan fingerprint density at radius 1 is 1.47 bits per heavy atom. The Kier molecular flexibility index (Phi) is 5.76. The molecule has 0 aliphatic carbocycles. The van der Waals surface area contributed by atoms with Crippen LogP contribution in [0.15, 0.2) is 24.4 Å². The van der Waals surface area contributed by atoms with Gasteiger partial charge in [0, 0.05) is 38.4 Å². The van der Waals surface area contributed by atoms with E-state index in [-0.39, 0.29) is 0 Å². The van der Waals surface area contributed by atoms with Gasteiger partial charge in [-0.05, 0) is 25.5 Å². The zero-order valence-electron chi connectivity index (χ0n) is 12.0. The molecule has 19 heavy (non-hydrogen) atoms. The van der Waals surface area contributed by atoms with Gasteiger partial charge in [-0.25, -0.2) is 0 Å². The Hall–Kier alpha value is -0.970. The molecule has 2 heterocycles. The lowest BCUT2D eigenvalue weighted by Gasteiger charge is -2.38. The molecule has 0 spiro atoms. The number of hydrogen-bond donors (Lipinski definition) is 1. The first-order chi connectivity index (χ1) is 9.29. The Balaban J connectivity index is 1.69. The average Bonchev–Trinajstić information content (AvgIpc) is 2.45. The SMILES string of the molecule is CCC1COC(C)CN1CCNCc1ccccn1. The smallest absolute Gasteiger partial charge is 0.0674 e. The van der Waals surface area contributed by atoms with Crippen molar-refractivity contribution >= 4 is 0 Å². The first-order valence-corrected chi connectivity index (χ1v) is 7.26. The molecule has 4 nitrogen and oxygen atoms in total. The topological polar surface area (TPSA) is 37.4 Å². The standard InChI is InChI=1S/C15H25N3O/c1-3-15-12-19-13(2)11-18(15)9-8-16-10-14-6-4-5-7-17-14/h4-7,13,15-16H,3,8-12H2,1-2H3. The molecule has 0 aromatic carbocycles. The highest BCUT2D eigenvalue weighted by molar-refractivity contribution is 5.02. The third-order valence-corrected chi connectivity index (χ3v) is 3.66. The summed E-state index contributed by atoms with van der Waals surface area (Å²) in [5, 5.41) is 3.46. The van der Waals surface area contributed by atoms with E-state index in [1.807, 2.05) is 18.3 Å². The molecule has 1 aromatic rings. The number of aromatic nitrogens is 1. The number of pyridine rings is 1. The maximum absolute atomic E-state index is 5.72. The van der Waals surface area contributed by atoms with Crippen molar-refractivity contribution in [2.45, 2.75) is 39.0 Å². The van der Waals surface area contributed by atoms with Crippen LogP contribution in [0.1, 0.15) is 26.0 Å². The minimum atomic E-state index is 0.360. The fourth-order valence-corrected chi connectivity index (χ4v) is 2.50. The molecule has 4 heteroatoms. The van der Waals surface area contributed by atoms with Gasteiger partial charge >= 0.3 is 0 Å². The molecule has 2 atom stereocenters.